The van der Waals surface area contributed by atoms with Crippen molar-refractivity contribution in [2.24, 2.45) is 5.92 Å². The summed E-state index contributed by atoms with van der Waals surface area (Å²) in [5.74, 6) is 0.636. The van der Waals surface area contributed by atoms with E-state index in [1.807, 2.05) is 45.0 Å². The number of benzene rings is 1. The highest BCUT2D eigenvalue weighted by molar-refractivity contribution is 5.89. The Morgan fingerprint density at radius 1 is 1.19 bits per heavy atom. The lowest BCUT2D eigenvalue weighted by molar-refractivity contribution is -0.138. The molecule has 5 nitrogen and oxygen atoms in total. The first kappa shape index (κ1) is 22.2. The first-order valence-electron chi connectivity index (χ1n) is 9.35. The van der Waals surface area contributed by atoms with E-state index in [-0.39, 0.29) is 11.6 Å². The van der Waals surface area contributed by atoms with Gasteiger partial charge in [0.25, 0.3) is 6.47 Å². The van der Waals surface area contributed by atoms with E-state index in [9.17, 15) is 9.59 Å². The van der Waals surface area contributed by atoms with Gasteiger partial charge in [0.1, 0.15) is 5.60 Å². The van der Waals surface area contributed by atoms with E-state index in [0.717, 1.165) is 12.3 Å². The summed E-state index contributed by atoms with van der Waals surface area (Å²) >= 11 is 0. The van der Waals surface area contributed by atoms with Crippen LogP contribution in [0.25, 0.3) is 0 Å². The number of carbonyl (C=O) groups excluding carboxylic acids is 2. The molecule has 146 valence electrons. The SMILES string of the molecule is CC(C)(C)OC=O.COC(=O)c1ccc(CCCC2CCNCC2)cc1. The van der Waals surface area contributed by atoms with Crippen LogP contribution in [0.1, 0.15) is 62.4 Å². The van der Waals surface area contributed by atoms with Crippen LogP contribution in [-0.4, -0.2) is 38.2 Å². The number of hydrogen-bond acceptors (Lipinski definition) is 5. The molecule has 1 aliphatic rings. The minimum atomic E-state index is -0.318. The first-order chi connectivity index (χ1) is 12.4. The molecule has 1 N–H and O–H groups in total. The van der Waals surface area contributed by atoms with Gasteiger partial charge in [-0.15, -0.1) is 0 Å². The summed E-state index contributed by atoms with van der Waals surface area (Å²) in [6.45, 7) is 8.28. The molecule has 26 heavy (non-hydrogen) atoms. The van der Waals surface area contributed by atoms with Crippen molar-refractivity contribution in [3.05, 3.63) is 35.4 Å². The predicted molar refractivity (Wildman–Crippen MR) is 103 cm³/mol. The minimum absolute atomic E-state index is 0.263. The van der Waals surface area contributed by atoms with Crippen molar-refractivity contribution in [3.63, 3.8) is 0 Å². The lowest BCUT2D eigenvalue weighted by Gasteiger charge is -2.22. The van der Waals surface area contributed by atoms with Crippen molar-refractivity contribution >= 4 is 12.4 Å². The Hall–Kier alpha value is -1.88. The first-order valence-corrected chi connectivity index (χ1v) is 9.35. The van der Waals surface area contributed by atoms with Crippen molar-refractivity contribution in [1.29, 1.82) is 0 Å². The molecule has 0 bridgehead atoms. The van der Waals surface area contributed by atoms with Crippen molar-refractivity contribution in [2.75, 3.05) is 20.2 Å². The molecule has 1 aromatic carbocycles. The summed E-state index contributed by atoms with van der Waals surface area (Å²) in [4.78, 5) is 20.9. The molecule has 5 heteroatoms. The Morgan fingerprint density at radius 3 is 2.27 bits per heavy atom. The smallest absolute Gasteiger partial charge is 0.337 e. The van der Waals surface area contributed by atoms with E-state index < -0.39 is 0 Å². The second kappa shape index (κ2) is 11.7. The lowest BCUT2D eigenvalue weighted by Crippen LogP contribution is -2.27. The lowest BCUT2D eigenvalue weighted by atomic mass is 9.91. The number of rotatable bonds is 6. The summed E-state index contributed by atoms with van der Waals surface area (Å²) in [5, 5.41) is 3.40. The molecule has 0 saturated carbocycles. The zero-order chi connectivity index (χ0) is 19.4. The second-order valence-electron chi connectivity index (χ2n) is 7.60. The molecule has 1 heterocycles. The Kier molecular flexibility index (Phi) is 9.96. The van der Waals surface area contributed by atoms with Crippen molar-refractivity contribution in [1.82, 2.24) is 5.32 Å². The molecule has 0 unspecified atom stereocenters. The Balaban J connectivity index is 0.000000412. The van der Waals surface area contributed by atoms with E-state index >= 15 is 0 Å². The van der Waals surface area contributed by atoms with Crippen LogP contribution in [0, 0.1) is 5.92 Å². The molecule has 0 amide bonds. The number of ether oxygens (including phenoxy) is 2. The highest BCUT2D eigenvalue weighted by Crippen LogP contribution is 2.19. The normalized spacial score (nSPS) is 14.8. The van der Waals surface area contributed by atoms with Crippen LogP contribution in [0.4, 0.5) is 0 Å². The number of methoxy groups -OCH3 is 1. The van der Waals surface area contributed by atoms with E-state index in [0.29, 0.717) is 12.0 Å². The zero-order valence-electron chi connectivity index (χ0n) is 16.5. The summed E-state index contributed by atoms with van der Waals surface area (Å²) in [7, 11) is 1.41. The summed E-state index contributed by atoms with van der Waals surface area (Å²) < 4.78 is 9.24. The van der Waals surface area contributed by atoms with Crippen molar-refractivity contribution in [3.8, 4) is 0 Å². The van der Waals surface area contributed by atoms with Crippen LogP contribution < -0.4 is 5.32 Å². The van der Waals surface area contributed by atoms with Crippen LogP contribution in [0.5, 0.6) is 0 Å². The zero-order valence-corrected chi connectivity index (χ0v) is 16.5. The Labute approximate surface area is 157 Å². The maximum atomic E-state index is 11.3. The third-order valence-corrected chi connectivity index (χ3v) is 4.31. The largest absolute Gasteiger partial charge is 0.465 e. The van der Waals surface area contributed by atoms with Crippen LogP contribution in [-0.2, 0) is 20.7 Å². The standard InChI is InChI=1S/C16H23NO2.C5H10O2/c1-19-16(18)15-7-5-13(6-8-15)3-2-4-14-9-11-17-12-10-14;1-5(2,3)7-4-6/h5-8,14,17H,2-4,9-12H2,1H3;4H,1-3H3. The number of piperidine rings is 1. The minimum Gasteiger partial charge on any atom is -0.465 e. The quantitative estimate of drug-likeness (QED) is 0.616. The Morgan fingerprint density at radius 2 is 1.81 bits per heavy atom. The van der Waals surface area contributed by atoms with E-state index in [4.69, 9.17) is 4.74 Å². The fourth-order valence-electron chi connectivity index (χ4n) is 2.83. The topological polar surface area (TPSA) is 64.6 Å². The molecular weight excluding hydrogens is 330 g/mol. The van der Waals surface area contributed by atoms with Crippen molar-refractivity contribution in [2.45, 2.75) is 58.5 Å². The van der Waals surface area contributed by atoms with Gasteiger partial charge in [0.2, 0.25) is 0 Å². The van der Waals surface area contributed by atoms with Gasteiger partial charge in [-0.05, 0) is 83.2 Å². The predicted octanol–water partition coefficient (Wildman–Crippen LogP) is 3.75. The molecule has 1 fully saturated rings. The molecule has 1 aliphatic heterocycles. The fraction of sp³-hybridized carbons (Fsp3) is 0.619. The van der Waals surface area contributed by atoms with Crippen LogP contribution in [0.15, 0.2) is 24.3 Å². The molecule has 1 aromatic rings. The summed E-state index contributed by atoms with van der Waals surface area (Å²) in [6.07, 6.45) is 6.30. The highest BCUT2D eigenvalue weighted by atomic mass is 16.5. The third-order valence-electron chi connectivity index (χ3n) is 4.31. The average molecular weight is 363 g/mol. The van der Waals surface area contributed by atoms with Crippen LogP contribution >= 0.6 is 0 Å². The number of aryl methyl sites for hydroxylation is 1. The van der Waals surface area contributed by atoms with Gasteiger partial charge in [0.15, 0.2) is 0 Å². The average Bonchev–Trinajstić information content (AvgIpc) is 2.62. The van der Waals surface area contributed by atoms with Gasteiger partial charge >= 0.3 is 5.97 Å². The van der Waals surface area contributed by atoms with Gasteiger partial charge in [-0.2, -0.15) is 0 Å². The van der Waals surface area contributed by atoms with E-state index in [1.54, 1.807) is 0 Å². The van der Waals surface area contributed by atoms with Gasteiger partial charge < -0.3 is 14.8 Å². The van der Waals surface area contributed by atoms with Gasteiger partial charge in [-0.25, -0.2) is 4.79 Å². The number of esters is 1. The van der Waals surface area contributed by atoms with Gasteiger partial charge in [-0.1, -0.05) is 18.6 Å². The number of carbonyl (C=O) groups is 2. The maximum absolute atomic E-state index is 11.3. The molecule has 0 radical (unpaired) electrons. The van der Waals surface area contributed by atoms with Crippen molar-refractivity contribution < 1.29 is 19.1 Å². The second-order valence-corrected chi connectivity index (χ2v) is 7.60. The van der Waals surface area contributed by atoms with Gasteiger partial charge in [0.05, 0.1) is 12.7 Å². The molecule has 1 saturated heterocycles. The fourth-order valence-corrected chi connectivity index (χ4v) is 2.83. The molecule has 0 aromatic heterocycles. The third kappa shape index (κ3) is 9.56. The molecule has 0 spiro atoms. The van der Waals surface area contributed by atoms with Crippen LogP contribution in [0.2, 0.25) is 0 Å². The van der Waals surface area contributed by atoms with E-state index in [1.165, 1.54) is 51.4 Å². The molecule has 0 atom stereocenters. The maximum Gasteiger partial charge on any atom is 0.337 e. The van der Waals surface area contributed by atoms with Crippen LogP contribution in [0.3, 0.4) is 0 Å². The summed E-state index contributed by atoms with van der Waals surface area (Å²) in [5.41, 5.74) is 1.62. The number of hydrogen-bond donors (Lipinski definition) is 1. The number of nitrogens with one attached hydrogen (secondary N) is 1. The Bertz CT molecular complexity index is 528. The molecular formula is C21H33NO4. The molecule has 2 rings (SSSR count). The monoisotopic (exact) mass is 363 g/mol. The van der Waals surface area contributed by atoms with E-state index in [2.05, 4.69) is 10.1 Å². The summed E-state index contributed by atoms with van der Waals surface area (Å²) in [6, 6.07) is 7.78. The van der Waals surface area contributed by atoms with Gasteiger partial charge in [-0.3, -0.25) is 4.79 Å². The van der Waals surface area contributed by atoms with Gasteiger partial charge in [0, 0.05) is 0 Å². The highest BCUT2D eigenvalue weighted by Gasteiger charge is 2.12. The molecule has 0 aliphatic carbocycles.